The van der Waals surface area contributed by atoms with Gasteiger partial charge in [-0.3, -0.25) is 0 Å². The van der Waals surface area contributed by atoms with Gasteiger partial charge in [0.2, 0.25) is 0 Å². The zero-order chi connectivity index (χ0) is 12.8. The van der Waals surface area contributed by atoms with Crippen molar-refractivity contribution in [1.29, 1.82) is 0 Å². The Labute approximate surface area is 105 Å². The van der Waals surface area contributed by atoms with E-state index >= 15 is 0 Å². The van der Waals surface area contributed by atoms with Crippen LogP contribution in [0.2, 0.25) is 31.2 Å². The van der Waals surface area contributed by atoms with E-state index in [1.54, 1.807) is 0 Å². The van der Waals surface area contributed by atoms with Crippen LogP contribution in [-0.2, 0) is 0 Å². The fourth-order valence-corrected chi connectivity index (χ4v) is 10.0. The van der Waals surface area contributed by atoms with Crippen molar-refractivity contribution in [2.24, 2.45) is 0 Å². The molecule has 0 aromatic carbocycles. The minimum absolute atomic E-state index is 1.15. The Hall–Kier alpha value is 0.134. The molecule has 0 saturated carbocycles. The summed E-state index contributed by atoms with van der Waals surface area (Å²) >= 11 is 0. The highest BCUT2D eigenvalue weighted by atomic mass is 28.3. The Kier molecular flexibility index (Phi) is 6.83. The Morgan fingerprint density at radius 2 is 1.44 bits per heavy atom. The van der Waals surface area contributed by atoms with Gasteiger partial charge in [0.25, 0.3) is 0 Å². The molecule has 0 aromatic heterocycles. The largest absolute Gasteiger partial charge is 0.326 e. The number of rotatable bonds is 8. The molecule has 0 aliphatic rings. The molecule has 96 valence electrons. The molecule has 0 spiro atoms. The van der Waals surface area contributed by atoms with Gasteiger partial charge in [-0.25, -0.2) is 0 Å². The number of hydrogen-bond donors (Lipinski definition) is 0. The molecule has 0 aliphatic carbocycles. The van der Waals surface area contributed by atoms with E-state index in [1.807, 2.05) is 0 Å². The fraction of sp³-hybridized carbons (Fsp3) is 0.846. The zero-order valence-electron chi connectivity index (χ0n) is 12.3. The quantitative estimate of drug-likeness (QED) is 0.587. The SMILES string of the molecule is C=C[Si](C)(C)CN(CC)[Si](CC)(CC)CC. The molecule has 0 fully saturated rings. The first-order valence-corrected chi connectivity index (χ1v) is 12.6. The molecule has 0 rings (SSSR count). The molecule has 0 atom stereocenters. The van der Waals surface area contributed by atoms with Crippen LogP contribution in [0.25, 0.3) is 0 Å². The van der Waals surface area contributed by atoms with Crippen molar-refractivity contribution in [2.75, 3.05) is 12.7 Å². The Bertz CT molecular complexity index is 202. The van der Waals surface area contributed by atoms with Crippen molar-refractivity contribution in [3.63, 3.8) is 0 Å². The molecule has 0 bridgehead atoms. The molecule has 0 N–H and O–H groups in total. The summed E-state index contributed by atoms with van der Waals surface area (Å²) in [5.41, 5.74) is 2.25. The van der Waals surface area contributed by atoms with Gasteiger partial charge in [-0.05, 0) is 30.8 Å². The lowest BCUT2D eigenvalue weighted by atomic mass is 10.8. The smallest absolute Gasteiger partial charge is 0.127 e. The predicted molar refractivity (Wildman–Crippen MR) is 82.1 cm³/mol. The third-order valence-electron chi connectivity index (χ3n) is 4.18. The zero-order valence-corrected chi connectivity index (χ0v) is 14.3. The molecule has 0 saturated heterocycles. The Balaban J connectivity index is 4.88. The van der Waals surface area contributed by atoms with Crippen LogP contribution in [0.1, 0.15) is 27.7 Å². The van der Waals surface area contributed by atoms with Gasteiger partial charge in [-0.2, -0.15) is 0 Å². The lowest BCUT2D eigenvalue weighted by molar-refractivity contribution is 0.491. The third-order valence-corrected chi connectivity index (χ3v) is 12.6. The van der Waals surface area contributed by atoms with Crippen LogP contribution >= 0.6 is 0 Å². The summed E-state index contributed by atoms with van der Waals surface area (Å²) in [7, 11) is -2.35. The van der Waals surface area contributed by atoms with Crippen LogP contribution < -0.4 is 0 Å². The van der Waals surface area contributed by atoms with Crippen molar-refractivity contribution in [1.82, 2.24) is 4.57 Å². The first-order valence-electron chi connectivity index (χ1n) is 6.80. The average molecular weight is 258 g/mol. The van der Waals surface area contributed by atoms with Gasteiger partial charge in [0, 0.05) is 0 Å². The van der Waals surface area contributed by atoms with Gasteiger partial charge in [-0.15, -0.1) is 12.3 Å². The maximum Gasteiger partial charge on any atom is 0.127 e. The maximum absolute atomic E-state index is 4.03. The van der Waals surface area contributed by atoms with Crippen LogP contribution in [-0.4, -0.2) is 33.6 Å². The lowest BCUT2D eigenvalue weighted by Crippen LogP contribution is -2.57. The van der Waals surface area contributed by atoms with Crippen LogP contribution in [0.4, 0.5) is 0 Å². The van der Waals surface area contributed by atoms with Crippen molar-refractivity contribution >= 4 is 16.3 Å². The Morgan fingerprint density at radius 1 is 1.00 bits per heavy atom. The molecule has 0 unspecified atom stereocenters. The van der Waals surface area contributed by atoms with E-state index < -0.39 is 16.3 Å². The van der Waals surface area contributed by atoms with Gasteiger partial charge in [-0.1, -0.05) is 40.8 Å². The van der Waals surface area contributed by atoms with E-state index in [9.17, 15) is 0 Å². The van der Waals surface area contributed by atoms with Crippen LogP contribution in [0.3, 0.4) is 0 Å². The third kappa shape index (κ3) is 3.86. The van der Waals surface area contributed by atoms with Gasteiger partial charge >= 0.3 is 0 Å². The molecule has 0 heterocycles. The summed E-state index contributed by atoms with van der Waals surface area (Å²) in [6, 6.07) is 4.19. The highest BCUT2D eigenvalue weighted by Crippen LogP contribution is 2.26. The summed E-state index contributed by atoms with van der Waals surface area (Å²) < 4.78 is 2.85. The Morgan fingerprint density at radius 3 is 1.69 bits per heavy atom. The molecule has 1 nitrogen and oxygen atoms in total. The van der Waals surface area contributed by atoms with E-state index in [1.165, 1.54) is 30.8 Å². The van der Waals surface area contributed by atoms with E-state index in [4.69, 9.17) is 0 Å². The molecule has 0 radical (unpaired) electrons. The highest BCUT2D eigenvalue weighted by Gasteiger charge is 2.36. The molecule has 3 heteroatoms. The van der Waals surface area contributed by atoms with E-state index in [2.05, 4.69) is 57.6 Å². The lowest BCUT2D eigenvalue weighted by Gasteiger charge is -2.43. The van der Waals surface area contributed by atoms with Crippen molar-refractivity contribution in [2.45, 2.75) is 58.9 Å². The minimum atomic E-state index is -1.20. The van der Waals surface area contributed by atoms with Crippen LogP contribution in [0.15, 0.2) is 12.3 Å². The molecule has 0 aliphatic heterocycles. The van der Waals surface area contributed by atoms with Gasteiger partial charge in [0.15, 0.2) is 0 Å². The maximum atomic E-state index is 4.03. The normalized spacial score (nSPS) is 13.2. The van der Waals surface area contributed by atoms with Crippen molar-refractivity contribution < 1.29 is 0 Å². The fourth-order valence-electron chi connectivity index (χ4n) is 2.59. The topological polar surface area (TPSA) is 3.24 Å². The first-order chi connectivity index (χ1) is 7.41. The van der Waals surface area contributed by atoms with Crippen LogP contribution in [0.5, 0.6) is 0 Å². The summed E-state index contributed by atoms with van der Waals surface area (Å²) in [6.45, 7) is 19.6. The summed E-state index contributed by atoms with van der Waals surface area (Å²) in [5.74, 6) is 0. The predicted octanol–water partition coefficient (Wildman–Crippen LogP) is 4.29. The van der Waals surface area contributed by atoms with Crippen LogP contribution in [0, 0.1) is 0 Å². The van der Waals surface area contributed by atoms with Gasteiger partial charge in [0.1, 0.15) is 8.24 Å². The van der Waals surface area contributed by atoms with E-state index in [0.717, 1.165) is 0 Å². The number of nitrogens with zero attached hydrogens (tertiary/aromatic N) is 1. The second kappa shape index (κ2) is 6.77. The summed E-state index contributed by atoms with van der Waals surface area (Å²) in [6.07, 6.45) is 1.31. The second-order valence-corrected chi connectivity index (χ2v) is 15.4. The van der Waals surface area contributed by atoms with Gasteiger partial charge < -0.3 is 4.57 Å². The van der Waals surface area contributed by atoms with E-state index in [-0.39, 0.29) is 0 Å². The second-order valence-electron chi connectivity index (χ2n) is 5.49. The molecule has 16 heavy (non-hydrogen) atoms. The molecular formula is C13H31NSi2. The first kappa shape index (κ1) is 16.1. The minimum Gasteiger partial charge on any atom is -0.326 e. The molecule has 0 amide bonds. The summed E-state index contributed by atoms with van der Waals surface area (Å²) in [4.78, 5) is 0. The van der Waals surface area contributed by atoms with Crippen molar-refractivity contribution in [3.05, 3.63) is 12.3 Å². The molecular weight excluding hydrogens is 226 g/mol. The standard InChI is InChI=1S/C13H31NSi2/c1-8-14(13-15(6,7)9-2)16(10-3,11-4)12-5/h9H,2,8,10-13H2,1,3-7H3. The van der Waals surface area contributed by atoms with Gasteiger partial charge in [0.05, 0.1) is 8.07 Å². The highest BCUT2D eigenvalue weighted by molar-refractivity contribution is 6.84. The molecule has 0 aromatic rings. The number of hydrogen-bond acceptors (Lipinski definition) is 1. The van der Waals surface area contributed by atoms with Crippen molar-refractivity contribution in [3.8, 4) is 0 Å². The monoisotopic (exact) mass is 257 g/mol. The summed E-state index contributed by atoms with van der Waals surface area (Å²) in [5, 5.41) is 0. The average Bonchev–Trinajstić information content (AvgIpc) is 2.30. The van der Waals surface area contributed by atoms with E-state index in [0.29, 0.717) is 0 Å².